The van der Waals surface area contributed by atoms with Crippen LogP contribution in [0.1, 0.15) is 34.6 Å². The molecule has 6 heteroatoms. The number of anilines is 1. The minimum Gasteiger partial charge on any atom is -0.399 e. The Kier molecular flexibility index (Phi) is 4.19. The lowest BCUT2D eigenvalue weighted by Gasteiger charge is -2.32. The van der Waals surface area contributed by atoms with Gasteiger partial charge in [0.2, 0.25) is 0 Å². The summed E-state index contributed by atoms with van der Waals surface area (Å²) in [4.78, 5) is 11.7. The summed E-state index contributed by atoms with van der Waals surface area (Å²) in [6.45, 7) is 12.8. The van der Waals surface area contributed by atoms with Crippen molar-refractivity contribution in [3.05, 3.63) is 36.2 Å². The van der Waals surface area contributed by atoms with E-state index in [9.17, 15) is 9.18 Å². The molecular formula is C16H21BFNO3. The summed E-state index contributed by atoms with van der Waals surface area (Å²) in [6, 6.07) is 4.30. The first kappa shape index (κ1) is 16.7. The molecule has 1 heterocycles. The van der Waals surface area contributed by atoms with Crippen molar-refractivity contribution in [2.45, 2.75) is 45.8 Å². The molecule has 1 aliphatic heterocycles. The number of carbonyl (C=O) groups excluding carboxylic acids is 1. The highest BCUT2D eigenvalue weighted by Gasteiger charge is 2.52. The van der Waals surface area contributed by atoms with Gasteiger partial charge in [0, 0.05) is 16.7 Å². The number of halogens is 1. The number of nitrogens with one attached hydrogen (secondary N) is 1. The fourth-order valence-electron chi connectivity index (χ4n) is 2.01. The van der Waals surface area contributed by atoms with Gasteiger partial charge in [0.25, 0.3) is 5.91 Å². The second kappa shape index (κ2) is 5.52. The van der Waals surface area contributed by atoms with Crippen molar-refractivity contribution in [3.8, 4) is 0 Å². The predicted octanol–water partition coefficient (Wildman–Crippen LogP) is 2.64. The molecule has 1 aliphatic rings. The third kappa shape index (κ3) is 3.08. The molecule has 4 nitrogen and oxygen atoms in total. The summed E-state index contributed by atoms with van der Waals surface area (Å²) in [7, 11) is -0.813. The highest BCUT2D eigenvalue weighted by atomic mass is 19.1. The van der Waals surface area contributed by atoms with Crippen molar-refractivity contribution in [2.24, 2.45) is 0 Å². The summed E-state index contributed by atoms with van der Waals surface area (Å²) in [6.07, 6.45) is 0. The Morgan fingerprint density at radius 2 is 1.77 bits per heavy atom. The van der Waals surface area contributed by atoms with Gasteiger partial charge in [-0.3, -0.25) is 4.79 Å². The Bertz CT molecular complexity index is 612. The van der Waals surface area contributed by atoms with Crippen LogP contribution in [0.5, 0.6) is 0 Å². The van der Waals surface area contributed by atoms with E-state index < -0.39 is 24.1 Å². The Labute approximate surface area is 130 Å². The van der Waals surface area contributed by atoms with Crippen LogP contribution in [0.25, 0.3) is 0 Å². The van der Waals surface area contributed by atoms with Gasteiger partial charge in [0.05, 0.1) is 11.2 Å². The third-order valence-corrected chi connectivity index (χ3v) is 4.15. The van der Waals surface area contributed by atoms with Crippen molar-refractivity contribution < 1.29 is 18.5 Å². The molecule has 2 rings (SSSR count). The maximum Gasteiger partial charge on any atom is 0.497 e. The number of benzene rings is 1. The molecule has 22 heavy (non-hydrogen) atoms. The van der Waals surface area contributed by atoms with E-state index in [-0.39, 0.29) is 11.4 Å². The molecule has 0 radical (unpaired) electrons. The molecule has 0 spiro atoms. The van der Waals surface area contributed by atoms with Crippen molar-refractivity contribution in [1.29, 1.82) is 0 Å². The van der Waals surface area contributed by atoms with Crippen LogP contribution in [0.2, 0.25) is 0 Å². The first-order valence-corrected chi connectivity index (χ1v) is 7.15. The molecule has 1 amide bonds. The standard InChI is InChI=1S/C16H21BFNO3/c1-10(2)14(20)19-11-7-8-13(18)12(9-11)17-21-15(3,4)16(5,6)22-17/h7-9H,1H2,2-6H3,(H,19,20). The van der Waals surface area contributed by atoms with Crippen LogP contribution in [-0.2, 0) is 14.1 Å². The van der Waals surface area contributed by atoms with Gasteiger partial charge in [-0.15, -0.1) is 0 Å². The van der Waals surface area contributed by atoms with Crippen molar-refractivity contribution >= 4 is 24.2 Å². The number of hydrogen-bond acceptors (Lipinski definition) is 3. The molecule has 0 bridgehead atoms. The number of amides is 1. The summed E-state index contributed by atoms with van der Waals surface area (Å²) in [5.41, 5.74) is 0.000986. The minimum atomic E-state index is -0.813. The van der Waals surface area contributed by atoms with Gasteiger partial charge < -0.3 is 14.6 Å². The molecule has 118 valence electrons. The van der Waals surface area contributed by atoms with E-state index in [4.69, 9.17) is 9.31 Å². The molecular weight excluding hydrogens is 284 g/mol. The molecule has 1 aromatic rings. The fourth-order valence-corrected chi connectivity index (χ4v) is 2.01. The first-order valence-electron chi connectivity index (χ1n) is 7.15. The van der Waals surface area contributed by atoms with Gasteiger partial charge in [0.15, 0.2) is 0 Å². The molecule has 0 aromatic heterocycles. The summed E-state index contributed by atoms with van der Waals surface area (Å²) >= 11 is 0. The van der Waals surface area contributed by atoms with E-state index in [0.29, 0.717) is 11.3 Å². The highest BCUT2D eigenvalue weighted by molar-refractivity contribution is 6.62. The van der Waals surface area contributed by atoms with Gasteiger partial charge >= 0.3 is 7.12 Å². The molecule has 1 aromatic carbocycles. The van der Waals surface area contributed by atoms with Crippen molar-refractivity contribution in [2.75, 3.05) is 5.32 Å². The Balaban J connectivity index is 2.29. The van der Waals surface area contributed by atoms with Crippen molar-refractivity contribution in [3.63, 3.8) is 0 Å². The van der Waals surface area contributed by atoms with E-state index in [1.807, 2.05) is 27.7 Å². The summed E-state index contributed by atoms with van der Waals surface area (Å²) < 4.78 is 25.8. The third-order valence-electron chi connectivity index (χ3n) is 4.15. The summed E-state index contributed by atoms with van der Waals surface area (Å²) in [5, 5.41) is 2.66. The average molecular weight is 305 g/mol. The molecule has 0 aliphatic carbocycles. The zero-order chi connectivity index (χ0) is 16.7. The number of hydrogen-bond donors (Lipinski definition) is 1. The fraction of sp³-hybridized carbons (Fsp3) is 0.438. The zero-order valence-electron chi connectivity index (χ0n) is 13.6. The maximum absolute atomic E-state index is 14.1. The van der Waals surface area contributed by atoms with Crippen LogP contribution >= 0.6 is 0 Å². The smallest absolute Gasteiger partial charge is 0.399 e. The molecule has 1 fully saturated rings. The van der Waals surface area contributed by atoms with Gasteiger partial charge in [-0.05, 0) is 52.8 Å². The lowest BCUT2D eigenvalue weighted by molar-refractivity contribution is -0.112. The van der Waals surface area contributed by atoms with Gasteiger partial charge in [-0.2, -0.15) is 0 Å². The lowest BCUT2D eigenvalue weighted by Crippen LogP contribution is -2.41. The molecule has 1 N–H and O–H groups in total. The Hall–Kier alpha value is -1.66. The highest BCUT2D eigenvalue weighted by Crippen LogP contribution is 2.36. The molecule has 1 saturated heterocycles. The Morgan fingerprint density at radius 1 is 1.23 bits per heavy atom. The van der Waals surface area contributed by atoms with Crippen molar-refractivity contribution in [1.82, 2.24) is 0 Å². The monoisotopic (exact) mass is 305 g/mol. The van der Waals surface area contributed by atoms with Crippen LogP contribution in [0.15, 0.2) is 30.4 Å². The van der Waals surface area contributed by atoms with Crippen LogP contribution in [-0.4, -0.2) is 24.2 Å². The van der Waals surface area contributed by atoms with Gasteiger partial charge in [0.1, 0.15) is 5.82 Å². The number of rotatable bonds is 3. The largest absolute Gasteiger partial charge is 0.497 e. The van der Waals surface area contributed by atoms with E-state index in [0.717, 1.165) is 0 Å². The first-order chi connectivity index (χ1) is 10.0. The number of carbonyl (C=O) groups is 1. The van der Waals surface area contributed by atoms with Crippen LogP contribution in [0.4, 0.5) is 10.1 Å². The van der Waals surface area contributed by atoms with E-state index in [1.54, 1.807) is 6.92 Å². The molecule has 0 saturated carbocycles. The van der Waals surface area contributed by atoms with Gasteiger partial charge in [-0.25, -0.2) is 4.39 Å². The van der Waals surface area contributed by atoms with E-state index in [2.05, 4.69) is 11.9 Å². The SMILES string of the molecule is C=C(C)C(=O)Nc1ccc(F)c(B2OC(C)(C)C(C)(C)O2)c1. The van der Waals surface area contributed by atoms with E-state index in [1.165, 1.54) is 18.2 Å². The molecule has 0 atom stereocenters. The van der Waals surface area contributed by atoms with Crippen LogP contribution in [0.3, 0.4) is 0 Å². The minimum absolute atomic E-state index is 0.262. The maximum atomic E-state index is 14.1. The zero-order valence-corrected chi connectivity index (χ0v) is 13.6. The average Bonchev–Trinajstić information content (AvgIpc) is 2.60. The van der Waals surface area contributed by atoms with Gasteiger partial charge in [-0.1, -0.05) is 6.58 Å². The van der Waals surface area contributed by atoms with E-state index >= 15 is 0 Å². The Morgan fingerprint density at radius 3 is 2.27 bits per heavy atom. The second-order valence-corrected chi connectivity index (χ2v) is 6.56. The topological polar surface area (TPSA) is 47.6 Å². The second-order valence-electron chi connectivity index (χ2n) is 6.56. The van der Waals surface area contributed by atoms with Crippen LogP contribution in [0, 0.1) is 5.82 Å². The quantitative estimate of drug-likeness (QED) is 0.690. The molecule has 0 unspecified atom stereocenters. The lowest BCUT2D eigenvalue weighted by atomic mass is 9.78. The summed E-state index contributed by atoms with van der Waals surface area (Å²) in [5.74, 6) is -0.752. The predicted molar refractivity (Wildman–Crippen MR) is 85.6 cm³/mol. The van der Waals surface area contributed by atoms with Crippen LogP contribution < -0.4 is 10.8 Å². The normalized spacial score (nSPS) is 19.1.